The Bertz CT molecular complexity index is 875. The summed E-state index contributed by atoms with van der Waals surface area (Å²) in [5, 5.41) is 3.19. The Morgan fingerprint density at radius 2 is 1.71 bits per heavy atom. The van der Waals surface area contributed by atoms with Crippen LogP contribution in [0.4, 0.5) is 0 Å². The number of rotatable bonds is 4. The van der Waals surface area contributed by atoms with Gasteiger partial charge < -0.3 is 0 Å². The van der Waals surface area contributed by atoms with E-state index in [1.54, 1.807) is 20.2 Å². The maximum atomic E-state index is 12.5. The fourth-order valence-electron chi connectivity index (χ4n) is 2.58. The molecule has 2 aromatic rings. The number of nitrogens with one attached hydrogen (secondary N) is 1. The predicted octanol–water partition coefficient (Wildman–Crippen LogP) is 0.320. The van der Waals surface area contributed by atoms with Gasteiger partial charge in [-0.15, -0.1) is 0 Å². The molecule has 0 aromatic heterocycles. The van der Waals surface area contributed by atoms with Gasteiger partial charge in [-0.3, -0.25) is 0 Å². The Hall–Kier alpha value is -2.22. The van der Waals surface area contributed by atoms with E-state index >= 15 is 0 Å². The third kappa shape index (κ3) is 2.93. The van der Waals surface area contributed by atoms with E-state index in [1.807, 2.05) is 0 Å². The van der Waals surface area contributed by atoms with Crippen LogP contribution in [0.5, 0.6) is 0 Å². The molecule has 1 N–H and O–H groups in total. The molecule has 0 saturated carbocycles. The number of hydrogen-bond donors (Lipinski definition) is 1. The van der Waals surface area contributed by atoms with E-state index in [0.29, 0.717) is 32.5 Å². The molecule has 24 heavy (non-hydrogen) atoms. The Balaban J connectivity index is 3.11. The first kappa shape index (κ1) is 18.1. The van der Waals surface area contributed by atoms with E-state index in [0.717, 1.165) is 22.5 Å². The van der Waals surface area contributed by atoms with Gasteiger partial charge in [0.1, 0.15) is 0 Å². The first-order valence-corrected chi connectivity index (χ1v) is 8.49. The van der Waals surface area contributed by atoms with E-state index in [9.17, 15) is 19.2 Å². The molecule has 0 fully saturated rings. The van der Waals surface area contributed by atoms with Gasteiger partial charge in [0.25, 0.3) is 0 Å². The van der Waals surface area contributed by atoms with E-state index < -0.39 is 0 Å². The van der Waals surface area contributed by atoms with Gasteiger partial charge in [0.2, 0.25) is 0 Å². The Kier molecular flexibility index (Phi) is 5.38. The molecule has 0 unspecified atom stereocenters. The van der Waals surface area contributed by atoms with Gasteiger partial charge in [0.15, 0.2) is 0 Å². The van der Waals surface area contributed by atoms with E-state index in [1.165, 1.54) is 24.1 Å². The second-order valence-electron chi connectivity index (χ2n) is 5.35. The van der Waals surface area contributed by atoms with Crippen molar-refractivity contribution in [2.24, 2.45) is 0 Å². The second-order valence-corrected chi connectivity index (χ2v) is 6.89. The molecule has 6 nitrogen and oxygen atoms in total. The number of nitrogens with zero attached hydrogens (tertiary/aromatic N) is 1. The van der Waals surface area contributed by atoms with Gasteiger partial charge in [-0.05, 0) is 0 Å². The molecule has 0 heterocycles. The average molecular weight is 430 g/mol. The molecule has 121 valence electrons. The van der Waals surface area contributed by atoms with Crippen molar-refractivity contribution in [1.82, 2.24) is 10.2 Å². The van der Waals surface area contributed by atoms with Crippen LogP contribution in [0.3, 0.4) is 0 Å². The molecule has 0 saturated heterocycles. The summed E-state index contributed by atoms with van der Waals surface area (Å²) in [5.74, 6) is -0.689. The molecule has 0 atom stereocenters. The van der Waals surface area contributed by atoms with Crippen LogP contribution in [0, 0.1) is 0 Å². The van der Waals surface area contributed by atoms with Crippen LogP contribution in [0.2, 0.25) is 0 Å². The quantitative estimate of drug-likeness (QED) is 0.560. The number of aldehydes is 2. The summed E-state index contributed by atoms with van der Waals surface area (Å²) in [7, 11) is 4.68. The Morgan fingerprint density at radius 3 is 2.21 bits per heavy atom. The molecular formula is C17H15N2O4Sn. The molecule has 0 spiro atoms. The van der Waals surface area contributed by atoms with Crippen LogP contribution < -0.4 is 8.90 Å². The molecule has 7 heteroatoms. The molecule has 2 amide bonds. The molecule has 2 rings (SSSR count). The van der Waals surface area contributed by atoms with E-state index in [2.05, 4.69) is 5.32 Å². The monoisotopic (exact) mass is 431 g/mol. The summed E-state index contributed by atoms with van der Waals surface area (Å²) in [6.45, 7) is 0. The minimum absolute atomic E-state index is 0.254. The first-order valence-electron chi connectivity index (χ1n) is 7.06. The van der Waals surface area contributed by atoms with Crippen LogP contribution in [-0.4, -0.2) is 73.0 Å². The average Bonchev–Trinajstić information content (AvgIpc) is 2.58. The van der Waals surface area contributed by atoms with Gasteiger partial charge in [-0.1, -0.05) is 0 Å². The third-order valence-corrected chi connectivity index (χ3v) is 4.89. The maximum absolute atomic E-state index is 12.5. The SMILES string of the molecule is CNC(=O)c1ccc(C(=O)N(C)C)c2c(C=O)[c]([Sn])cc(C=O)c12. The van der Waals surface area contributed by atoms with Crippen molar-refractivity contribution in [3.05, 3.63) is 40.5 Å². The number of fused-ring (bicyclic) bond motifs is 1. The number of carbonyl (C=O) groups excluding carboxylic acids is 4. The molecule has 3 radical (unpaired) electrons. The zero-order valence-electron chi connectivity index (χ0n) is 13.5. The minimum atomic E-state index is -0.388. The van der Waals surface area contributed by atoms with Crippen LogP contribution in [0.15, 0.2) is 18.2 Å². The number of benzene rings is 2. The van der Waals surface area contributed by atoms with Gasteiger partial charge in [-0.25, -0.2) is 0 Å². The molecule has 0 aliphatic heterocycles. The van der Waals surface area contributed by atoms with Crippen molar-refractivity contribution in [3.63, 3.8) is 0 Å². The number of hydrogen-bond acceptors (Lipinski definition) is 4. The first-order chi connectivity index (χ1) is 11.4. The van der Waals surface area contributed by atoms with Gasteiger partial charge in [-0.2, -0.15) is 0 Å². The second kappa shape index (κ2) is 7.12. The van der Waals surface area contributed by atoms with Gasteiger partial charge in [0.05, 0.1) is 0 Å². The molecule has 0 bridgehead atoms. The van der Waals surface area contributed by atoms with Crippen LogP contribution >= 0.6 is 0 Å². The van der Waals surface area contributed by atoms with Gasteiger partial charge >= 0.3 is 152 Å². The third-order valence-electron chi connectivity index (χ3n) is 3.71. The summed E-state index contributed by atoms with van der Waals surface area (Å²) >= 11 is 0.936. The van der Waals surface area contributed by atoms with E-state index in [4.69, 9.17) is 0 Å². The topological polar surface area (TPSA) is 83.6 Å². The number of amides is 2. The zero-order chi connectivity index (χ0) is 18.0. The van der Waals surface area contributed by atoms with Crippen molar-refractivity contribution < 1.29 is 19.2 Å². The molecule has 0 aliphatic carbocycles. The fraction of sp³-hybridized carbons (Fsp3) is 0.176. The molecular weight excluding hydrogens is 415 g/mol. The predicted molar refractivity (Wildman–Crippen MR) is 91.5 cm³/mol. The van der Waals surface area contributed by atoms with Crippen LogP contribution in [0.1, 0.15) is 41.4 Å². The Labute approximate surface area is 152 Å². The van der Waals surface area contributed by atoms with Crippen molar-refractivity contribution in [3.8, 4) is 0 Å². The number of carbonyl (C=O) groups is 4. The van der Waals surface area contributed by atoms with Crippen LogP contribution in [-0.2, 0) is 0 Å². The summed E-state index contributed by atoms with van der Waals surface area (Å²) in [6, 6.07) is 4.61. The standard InChI is InChI=1S/C17H15N2O4.Sn/c1-18-16(22)12-6-7-13(17(23)19(2)3)15-11(9-21)5-4-10(8-20)14(12)15;/h4,6-9H,1-3H3,(H,18,22);. The Morgan fingerprint density at radius 1 is 1.08 bits per heavy atom. The van der Waals surface area contributed by atoms with Crippen molar-refractivity contribution in [1.29, 1.82) is 0 Å². The summed E-state index contributed by atoms with van der Waals surface area (Å²) < 4.78 is 0.661. The van der Waals surface area contributed by atoms with Crippen molar-refractivity contribution in [2.75, 3.05) is 21.1 Å². The van der Waals surface area contributed by atoms with Gasteiger partial charge in [0, 0.05) is 0 Å². The zero-order valence-corrected chi connectivity index (χ0v) is 16.3. The molecule has 0 aliphatic rings. The normalized spacial score (nSPS) is 10.3. The molecule has 2 aromatic carbocycles. The fourth-order valence-corrected chi connectivity index (χ4v) is 3.55. The summed E-state index contributed by atoms with van der Waals surface area (Å²) in [5.41, 5.74) is 1.17. The van der Waals surface area contributed by atoms with Crippen molar-refractivity contribution >= 4 is 61.3 Å². The summed E-state index contributed by atoms with van der Waals surface area (Å²) in [6.07, 6.45) is 1.31. The van der Waals surface area contributed by atoms with Crippen molar-refractivity contribution in [2.45, 2.75) is 0 Å². The van der Waals surface area contributed by atoms with E-state index in [-0.39, 0.29) is 28.5 Å². The summed E-state index contributed by atoms with van der Waals surface area (Å²) in [4.78, 5) is 49.3. The van der Waals surface area contributed by atoms with Crippen LogP contribution in [0.25, 0.3) is 10.8 Å².